The molecule has 0 aliphatic rings. The average molecular weight is 437 g/mol. The first-order valence-corrected chi connectivity index (χ1v) is 11.1. The summed E-state index contributed by atoms with van der Waals surface area (Å²) in [5.41, 5.74) is 4.92. The molecule has 1 N–H and O–H groups in total. The molecule has 32 heavy (non-hydrogen) atoms. The van der Waals surface area contributed by atoms with Crippen LogP contribution in [-0.4, -0.2) is 46.7 Å². The average Bonchev–Trinajstić information content (AvgIpc) is 3.39. The Balaban J connectivity index is 1.62. The van der Waals surface area contributed by atoms with Crippen LogP contribution in [-0.2, 0) is 33.2 Å². The number of nitrogens with zero attached hydrogens (tertiary/aromatic N) is 5. The molecule has 2 aromatic heterocycles. The highest BCUT2D eigenvalue weighted by molar-refractivity contribution is 5.79. The van der Waals surface area contributed by atoms with Crippen molar-refractivity contribution in [3.05, 3.63) is 77.0 Å². The molecule has 1 aromatic carbocycles. The Bertz CT molecular complexity index is 1010. The minimum atomic E-state index is 0.389. The van der Waals surface area contributed by atoms with Gasteiger partial charge >= 0.3 is 0 Å². The Morgan fingerprint density at radius 2 is 1.81 bits per heavy atom. The Morgan fingerprint density at radius 3 is 2.47 bits per heavy atom. The Morgan fingerprint density at radius 1 is 1.06 bits per heavy atom. The molecule has 0 saturated heterocycles. The van der Waals surface area contributed by atoms with Crippen molar-refractivity contribution in [1.82, 2.24) is 24.9 Å². The van der Waals surface area contributed by atoms with Crippen molar-refractivity contribution in [2.24, 2.45) is 12.0 Å². The number of benzene rings is 1. The zero-order valence-electron chi connectivity index (χ0n) is 20.2. The molecule has 3 aromatic rings. The lowest BCUT2D eigenvalue weighted by Gasteiger charge is -2.23. The standard InChI is InChI=1S/C25H36N6O/c1-19(2)24-22(17-31(6)28-24)16-30(5)25(26-3)27-14-20-10-7-8-11-21(20)15-29(4)18-23-12-9-13-32-23/h7-13,17,19H,14-16,18H2,1-6H3,(H,26,27). The van der Waals surface area contributed by atoms with Gasteiger partial charge in [0.1, 0.15) is 5.76 Å². The number of nitrogens with one attached hydrogen (secondary N) is 1. The van der Waals surface area contributed by atoms with E-state index in [0.29, 0.717) is 12.5 Å². The number of guanidine groups is 1. The van der Waals surface area contributed by atoms with Crippen molar-refractivity contribution in [1.29, 1.82) is 0 Å². The SMILES string of the molecule is CN=C(NCc1ccccc1CN(C)Cc1ccco1)N(C)Cc1cn(C)nc1C(C)C. The summed E-state index contributed by atoms with van der Waals surface area (Å²) in [6, 6.07) is 12.5. The first-order chi connectivity index (χ1) is 15.4. The largest absolute Gasteiger partial charge is 0.468 e. The zero-order chi connectivity index (χ0) is 23.1. The predicted molar refractivity (Wildman–Crippen MR) is 129 cm³/mol. The minimum Gasteiger partial charge on any atom is -0.468 e. The van der Waals surface area contributed by atoms with Crippen LogP contribution >= 0.6 is 0 Å². The first-order valence-electron chi connectivity index (χ1n) is 11.1. The number of rotatable bonds is 9. The summed E-state index contributed by atoms with van der Waals surface area (Å²) in [7, 11) is 7.98. The molecule has 3 rings (SSSR count). The van der Waals surface area contributed by atoms with Gasteiger partial charge in [0.05, 0.1) is 18.5 Å². The number of furan rings is 1. The maximum Gasteiger partial charge on any atom is 0.193 e. The molecule has 0 aliphatic carbocycles. The van der Waals surface area contributed by atoms with E-state index in [9.17, 15) is 0 Å². The minimum absolute atomic E-state index is 0.389. The highest BCUT2D eigenvalue weighted by Crippen LogP contribution is 2.19. The maximum atomic E-state index is 5.48. The van der Waals surface area contributed by atoms with Crippen LogP contribution in [0.25, 0.3) is 0 Å². The molecule has 0 fully saturated rings. The fourth-order valence-corrected chi connectivity index (χ4v) is 3.95. The lowest BCUT2D eigenvalue weighted by atomic mass is 10.1. The van der Waals surface area contributed by atoms with Crippen molar-refractivity contribution >= 4 is 5.96 Å². The van der Waals surface area contributed by atoms with Gasteiger partial charge < -0.3 is 14.6 Å². The zero-order valence-corrected chi connectivity index (χ0v) is 20.2. The van der Waals surface area contributed by atoms with Gasteiger partial charge in [-0.15, -0.1) is 0 Å². The van der Waals surface area contributed by atoms with Gasteiger partial charge in [0, 0.05) is 52.5 Å². The fourth-order valence-electron chi connectivity index (χ4n) is 3.95. The molecule has 0 amide bonds. The Hall–Kier alpha value is -3.06. The number of hydrogen-bond acceptors (Lipinski definition) is 4. The molecule has 0 saturated carbocycles. The lowest BCUT2D eigenvalue weighted by Crippen LogP contribution is -2.38. The molecular weight excluding hydrogens is 400 g/mol. The normalized spacial score (nSPS) is 12.1. The van der Waals surface area contributed by atoms with Crippen molar-refractivity contribution in [3.63, 3.8) is 0 Å². The summed E-state index contributed by atoms with van der Waals surface area (Å²) in [4.78, 5) is 8.91. The van der Waals surface area contributed by atoms with Crippen molar-refractivity contribution in [2.75, 3.05) is 21.1 Å². The first kappa shape index (κ1) is 23.6. The summed E-state index contributed by atoms with van der Waals surface area (Å²) < 4.78 is 7.38. The summed E-state index contributed by atoms with van der Waals surface area (Å²) in [5, 5.41) is 8.16. The summed E-state index contributed by atoms with van der Waals surface area (Å²) in [6.07, 6.45) is 3.82. The molecule has 0 bridgehead atoms. The highest BCUT2D eigenvalue weighted by Gasteiger charge is 2.15. The third-order valence-corrected chi connectivity index (χ3v) is 5.47. The smallest absolute Gasteiger partial charge is 0.193 e. The van der Waals surface area contributed by atoms with Crippen LogP contribution in [0.3, 0.4) is 0 Å². The second kappa shape index (κ2) is 11.0. The van der Waals surface area contributed by atoms with Gasteiger partial charge in [-0.05, 0) is 36.2 Å². The molecule has 0 aliphatic heterocycles. The lowest BCUT2D eigenvalue weighted by molar-refractivity contribution is 0.287. The van der Waals surface area contributed by atoms with Crippen LogP contribution in [0.1, 0.15) is 47.9 Å². The van der Waals surface area contributed by atoms with Gasteiger partial charge in [-0.3, -0.25) is 14.6 Å². The molecule has 2 heterocycles. The second-order valence-electron chi connectivity index (χ2n) is 8.65. The van der Waals surface area contributed by atoms with E-state index in [2.05, 4.69) is 83.6 Å². The summed E-state index contributed by atoms with van der Waals surface area (Å²) in [6.45, 7) is 7.46. The molecule has 7 heteroatoms. The summed E-state index contributed by atoms with van der Waals surface area (Å²) >= 11 is 0. The van der Waals surface area contributed by atoms with Gasteiger partial charge in [-0.1, -0.05) is 38.1 Å². The quantitative estimate of drug-likeness (QED) is 0.406. The molecule has 0 unspecified atom stereocenters. The van der Waals surface area contributed by atoms with E-state index in [4.69, 9.17) is 4.42 Å². The van der Waals surface area contributed by atoms with E-state index in [1.54, 1.807) is 6.26 Å². The van der Waals surface area contributed by atoms with E-state index in [-0.39, 0.29) is 0 Å². The van der Waals surface area contributed by atoms with Crippen LogP contribution in [0.2, 0.25) is 0 Å². The van der Waals surface area contributed by atoms with Gasteiger partial charge in [0.15, 0.2) is 5.96 Å². The molecule has 172 valence electrons. The monoisotopic (exact) mass is 436 g/mol. The third-order valence-electron chi connectivity index (χ3n) is 5.47. The van der Waals surface area contributed by atoms with Crippen LogP contribution in [0, 0.1) is 0 Å². The van der Waals surface area contributed by atoms with Crippen LogP contribution in [0.4, 0.5) is 0 Å². The second-order valence-corrected chi connectivity index (χ2v) is 8.65. The van der Waals surface area contributed by atoms with Gasteiger partial charge in [-0.2, -0.15) is 5.10 Å². The number of aryl methyl sites for hydroxylation is 1. The van der Waals surface area contributed by atoms with Gasteiger partial charge in [0.2, 0.25) is 0 Å². The molecular formula is C25H36N6O. The fraction of sp³-hybridized carbons (Fsp3) is 0.440. The van der Waals surface area contributed by atoms with Gasteiger partial charge in [-0.25, -0.2) is 0 Å². The van der Waals surface area contributed by atoms with Crippen molar-refractivity contribution < 1.29 is 4.42 Å². The summed E-state index contributed by atoms with van der Waals surface area (Å²) in [5.74, 6) is 2.23. The molecule has 0 atom stereocenters. The van der Waals surface area contributed by atoms with Crippen LogP contribution in [0.5, 0.6) is 0 Å². The number of aromatic nitrogens is 2. The molecule has 0 spiro atoms. The Labute approximate surface area is 191 Å². The van der Waals surface area contributed by atoms with E-state index in [1.165, 1.54) is 16.7 Å². The number of aliphatic imine (C=N–C) groups is 1. The van der Waals surface area contributed by atoms with Crippen LogP contribution < -0.4 is 5.32 Å². The van der Waals surface area contributed by atoms with E-state index >= 15 is 0 Å². The van der Waals surface area contributed by atoms with Crippen molar-refractivity contribution in [2.45, 2.75) is 45.9 Å². The van der Waals surface area contributed by atoms with Gasteiger partial charge in [0.25, 0.3) is 0 Å². The van der Waals surface area contributed by atoms with E-state index < -0.39 is 0 Å². The topological polar surface area (TPSA) is 61.8 Å². The predicted octanol–water partition coefficient (Wildman–Crippen LogP) is 3.98. The molecule has 0 radical (unpaired) electrons. The number of hydrogen-bond donors (Lipinski definition) is 1. The third kappa shape index (κ3) is 6.23. The van der Waals surface area contributed by atoms with Crippen molar-refractivity contribution in [3.8, 4) is 0 Å². The maximum absolute atomic E-state index is 5.48. The Kier molecular flexibility index (Phi) is 8.11. The highest BCUT2D eigenvalue weighted by atomic mass is 16.3. The van der Waals surface area contributed by atoms with Crippen LogP contribution in [0.15, 0.2) is 58.3 Å². The molecule has 7 nitrogen and oxygen atoms in total. The van der Waals surface area contributed by atoms with E-state index in [0.717, 1.165) is 37.0 Å². The van der Waals surface area contributed by atoms with E-state index in [1.807, 2.05) is 30.9 Å².